The molecule has 1 aromatic heterocycles. The molecule has 2 aliphatic rings. The number of methoxy groups -OCH3 is 1. The summed E-state index contributed by atoms with van der Waals surface area (Å²) in [6, 6.07) is 9.64. The van der Waals surface area contributed by atoms with Gasteiger partial charge in [-0.05, 0) is 112 Å². The summed E-state index contributed by atoms with van der Waals surface area (Å²) in [5, 5.41) is 0.665. The summed E-state index contributed by atoms with van der Waals surface area (Å²) in [6.45, 7) is 20.7. The molecule has 4 rings (SSSR count). The van der Waals surface area contributed by atoms with Crippen LogP contribution in [0.1, 0.15) is 180 Å². The van der Waals surface area contributed by atoms with Crippen molar-refractivity contribution in [3.05, 3.63) is 87.9 Å². The SMILES string of the molecule is CCC1CC1.CCCC.CCCC(CCC(CC)C(=O)CC)CC(C)=O.C\C=C/C=C(C)\C(=C\[C@@H]1c2cc(Cl)ccc2-n2c(ccc2C(N)=O)CC1CC)OC. The molecule has 3 unspecified atom stereocenters. The second kappa shape index (κ2) is 28.1. The van der Waals surface area contributed by atoms with E-state index in [0.29, 0.717) is 41.2 Å². The number of carbonyl (C=O) groups excluding carboxylic acids is 3. The zero-order chi connectivity index (χ0) is 42.2. The van der Waals surface area contributed by atoms with Gasteiger partial charge in [-0.3, -0.25) is 9.59 Å². The van der Waals surface area contributed by atoms with Crippen LogP contribution in [0.25, 0.3) is 5.69 Å². The maximum atomic E-state index is 12.1. The van der Waals surface area contributed by atoms with Gasteiger partial charge in [0, 0.05) is 41.1 Å². The molecule has 1 amide bonds. The second-order valence-corrected chi connectivity index (χ2v) is 16.0. The lowest BCUT2D eigenvalue weighted by molar-refractivity contribution is -0.122. The van der Waals surface area contributed by atoms with Crippen LogP contribution in [0, 0.1) is 23.7 Å². The number of benzene rings is 1. The van der Waals surface area contributed by atoms with E-state index in [0.717, 1.165) is 79.1 Å². The molecule has 0 radical (unpaired) electrons. The predicted molar refractivity (Wildman–Crippen MR) is 239 cm³/mol. The molecular weight excluding hydrogens is 716 g/mol. The van der Waals surface area contributed by atoms with Crippen molar-refractivity contribution >= 4 is 29.1 Å². The largest absolute Gasteiger partial charge is 0.497 e. The molecule has 56 heavy (non-hydrogen) atoms. The molecule has 1 aliphatic carbocycles. The molecule has 0 spiro atoms. The Morgan fingerprint density at radius 1 is 0.929 bits per heavy atom. The number of Topliss-reactive ketones (excluding diaryl/α,β-unsaturated/α-hetero) is 2. The summed E-state index contributed by atoms with van der Waals surface area (Å²) < 4.78 is 7.74. The van der Waals surface area contributed by atoms with Crippen LogP contribution in [0.3, 0.4) is 0 Å². The molecule has 1 aliphatic heterocycles. The molecule has 1 aromatic carbocycles. The molecule has 6 nitrogen and oxygen atoms in total. The van der Waals surface area contributed by atoms with Crippen LogP contribution in [-0.4, -0.2) is 29.2 Å². The number of amides is 1. The highest BCUT2D eigenvalue weighted by Crippen LogP contribution is 2.42. The molecule has 2 aromatic rings. The smallest absolute Gasteiger partial charge is 0.265 e. The van der Waals surface area contributed by atoms with Crippen molar-refractivity contribution in [1.82, 2.24) is 4.57 Å². The Labute approximate surface area is 346 Å². The number of primary amides is 1. The fraction of sp³-hybridized carbons (Fsp3) is 0.612. The van der Waals surface area contributed by atoms with Gasteiger partial charge < -0.3 is 19.8 Å². The number of unbranched alkanes of at least 4 members (excludes halogenated alkanes) is 1. The standard InChI is InChI=1S/C25H29ClN2O2.C15H28O2.C5H10.C4H10/c1-5-7-8-16(3)24(30-4)15-20-17(6-2)13-19-10-12-23(25(27)29)28(19)22-11-9-18(26)14-21(20)22;1-5-8-13(11-12(4)16)9-10-14(6-2)15(17)7-3;1-2-5-3-4-5;1-3-4-2/h5,7-12,14-15,17,20H,6,13H2,1-4H3,(H2,27,29);13-14H,5-11H2,1-4H3;5H,2-4H2,1H3;3-4H2,1-2H3/b7-5-,16-8-,24-15-;;;/t17?,20-;;;/m0.../s1. The summed E-state index contributed by atoms with van der Waals surface area (Å²) in [6.07, 6.45) is 23.6. The first kappa shape index (κ1) is 50.6. The normalized spacial score (nSPS) is 17.4. The number of halogens is 1. The Kier molecular flexibility index (Phi) is 25.4. The van der Waals surface area contributed by atoms with E-state index < -0.39 is 5.91 Å². The molecule has 0 bridgehead atoms. The quantitative estimate of drug-likeness (QED) is 0.120. The van der Waals surface area contributed by atoms with Crippen LogP contribution < -0.4 is 5.73 Å². The van der Waals surface area contributed by atoms with Gasteiger partial charge in [0.15, 0.2) is 0 Å². The van der Waals surface area contributed by atoms with E-state index >= 15 is 0 Å². The summed E-state index contributed by atoms with van der Waals surface area (Å²) in [5.41, 5.74) is 10.3. The number of nitrogens with zero attached hydrogens (tertiary/aromatic N) is 1. The van der Waals surface area contributed by atoms with Gasteiger partial charge in [-0.1, -0.05) is 130 Å². The van der Waals surface area contributed by atoms with Crippen LogP contribution in [0.2, 0.25) is 5.02 Å². The lowest BCUT2D eigenvalue weighted by atomic mass is 9.81. The van der Waals surface area contributed by atoms with E-state index in [4.69, 9.17) is 22.1 Å². The van der Waals surface area contributed by atoms with E-state index in [1.807, 2.05) is 73.9 Å². The molecule has 4 atom stereocenters. The molecule has 2 heterocycles. The van der Waals surface area contributed by atoms with Gasteiger partial charge in [-0.25, -0.2) is 0 Å². The molecule has 2 N–H and O–H groups in total. The Bertz CT molecular complexity index is 1560. The number of ether oxygens (including phenoxy) is 1. The lowest BCUT2D eigenvalue weighted by Gasteiger charge is -2.24. The fourth-order valence-electron chi connectivity index (χ4n) is 7.24. The summed E-state index contributed by atoms with van der Waals surface area (Å²) in [7, 11) is 1.70. The van der Waals surface area contributed by atoms with Crippen molar-refractivity contribution < 1.29 is 19.1 Å². The third kappa shape index (κ3) is 17.4. The van der Waals surface area contributed by atoms with E-state index in [2.05, 4.69) is 47.6 Å². The molecule has 314 valence electrons. The van der Waals surface area contributed by atoms with Crippen LogP contribution >= 0.6 is 11.6 Å². The maximum absolute atomic E-state index is 12.1. The van der Waals surface area contributed by atoms with Crippen LogP contribution in [0.5, 0.6) is 0 Å². The number of fused-ring (bicyclic) bond motifs is 3. The van der Waals surface area contributed by atoms with Crippen molar-refractivity contribution in [2.45, 2.75) is 165 Å². The first-order valence-electron chi connectivity index (χ1n) is 21.7. The Morgan fingerprint density at radius 2 is 1.61 bits per heavy atom. The van der Waals surface area contributed by atoms with Gasteiger partial charge in [0.05, 0.1) is 7.11 Å². The maximum Gasteiger partial charge on any atom is 0.265 e. The lowest BCUT2D eigenvalue weighted by Crippen LogP contribution is -2.17. The van der Waals surface area contributed by atoms with Gasteiger partial charge in [0.1, 0.15) is 23.0 Å². The number of ketones is 2. The molecule has 0 saturated heterocycles. The van der Waals surface area contributed by atoms with Gasteiger partial charge in [0.2, 0.25) is 0 Å². The van der Waals surface area contributed by atoms with Crippen molar-refractivity contribution in [2.75, 3.05) is 7.11 Å². The predicted octanol–water partition coefficient (Wildman–Crippen LogP) is 13.7. The summed E-state index contributed by atoms with van der Waals surface area (Å²) in [4.78, 5) is 34.9. The van der Waals surface area contributed by atoms with E-state index in [-0.39, 0.29) is 17.6 Å². The number of nitrogens with two attached hydrogens (primary N) is 1. The number of aromatic nitrogens is 1. The summed E-state index contributed by atoms with van der Waals surface area (Å²) in [5.74, 6) is 3.28. The van der Waals surface area contributed by atoms with Gasteiger partial charge in [0.25, 0.3) is 5.91 Å². The Morgan fingerprint density at radius 3 is 2.07 bits per heavy atom. The van der Waals surface area contributed by atoms with Crippen molar-refractivity contribution in [2.24, 2.45) is 29.4 Å². The van der Waals surface area contributed by atoms with E-state index in [1.165, 1.54) is 32.1 Å². The first-order valence-corrected chi connectivity index (χ1v) is 22.1. The van der Waals surface area contributed by atoms with Crippen LogP contribution in [0.15, 0.2) is 66.0 Å². The van der Waals surface area contributed by atoms with Gasteiger partial charge in [-0.2, -0.15) is 0 Å². The molecular formula is C49H77ClN2O4. The monoisotopic (exact) mass is 793 g/mol. The molecule has 7 heteroatoms. The topological polar surface area (TPSA) is 91.4 Å². The number of rotatable bonds is 18. The minimum atomic E-state index is -0.438. The zero-order valence-electron chi connectivity index (χ0n) is 37.0. The third-order valence-corrected chi connectivity index (χ3v) is 11.3. The zero-order valence-corrected chi connectivity index (χ0v) is 37.8. The third-order valence-electron chi connectivity index (χ3n) is 11.1. The second-order valence-electron chi connectivity index (χ2n) is 15.5. The Hall–Kier alpha value is -3.38. The highest BCUT2D eigenvalue weighted by atomic mass is 35.5. The number of carbonyl (C=O) groups is 3. The van der Waals surface area contributed by atoms with Gasteiger partial charge in [-0.15, -0.1) is 0 Å². The average Bonchev–Trinajstić information content (AvgIpc) is 3.96. The number of hydrogen-bond donors (Lipinski definition) is 1. The average molecular weight is 794 g/mol. The Balaban J connectivity index is 0.000000503. The molecule has 1 saturated carbocycles. The number of hydrogen-bond acceptors (Lipinski definition) is 4. The van der Waals surface area contributed by atoms with Crippen molar-refractivity contribution in [3.63, 3.8) is 0 Å². The van der Waals surface area contributed by atoms with Gasteiger partial charge >= 0.3 is 0 Å². The van der Waals surface area contributed by atoms with Crippen LogP contribution in [-0.2, 0) is 20.7 Å². The van der Waals surface area contributed by atoms with E-state index in [9.17, 15) is 14.4 Å². The molecule has 1 fully saturated rings. The minimum Gasteiger partial charge on any atom is -0.497 e. The van der Waals surface area contributed by atoms with E-state index in [1.54, 1.807) is 14.0 Å². The fourth-order valence-corrected chi connectivity index (χ4v) is 7.42. The number of allylic oxidation sites excluding steroid dienone is 5. The van der Waals surface area contributed by atoms with Crippen molar-refractivity contribution in [1.29, 1.82) is 0 Å². The summed E-state index contributed by atoms with van der Waals surface area (Å²) >= 11 is 6.42. The minimum absolute atomic E-state index is 0.0771. The highest BCUT2D eigenvalue weighted by molar-refractivity contribution is 6.30. The first-order chi connectivity index (χ1) is 26.8. The van der Waals surface area contributed by atoms with Crippen molar-refractivity contribution in [3.8, 4) is 5.69 Å². The highest BCUT2D eigenvalue weighted by Gasteiger charge is 2.31. The van der Waals surface area contributed by atoms with Crippen LogP contribution in [0.4, 0.5) is 0 Å².